The minimum Gasteiger partial charge on any atom is -0.479 e. The van der Waals surface area contributed by atoms with Crippen molar-refractivity contribution in [3.05, 3.63) is 54.6 Å². The molecule has 0 aliphatic heterocycles. The summed E-state index contributed by atoms with van der Waals surface area (Å²) < 4.78 is 10.1. The molecule has 0 aliphatic carbocycles. The molecule has 4 nitrogen and oxygen atoms in total. The van der Waals surface area contributed by atoms with Gasteiger partial charge in [-0.05, 0) is 43.3 Å². The van der Waals surface area contributed by atoms with Crippen LogP contribution in [0.2, 0.25) is 0 Å². The van der Waals surface area contributed by atoms with Gasteiger partial charge in [-0.15, -0.1) is 0 Å². The summed E-state index contributed by atoms with van der Waals surface area (Å²) in [7, 11) is 1.34. The van der Waals surface area contributed by atoms with E-state index in [1.54, 1.807) is 6.92 Å². The van der Waals surface area contributed by atoms with Crippen molar-refractivity contribution in [2.45, 2.75) is 13.0 Å². The number of rotatable bonds is 5. The molecule has 1 atom stereocenters. The average Bonchev–Trinajstić information content (AvgIpc) is 2.49. The quantitative estimate of drug-likeness (QED) is 0.847. The topological polar surface area (TPSA) is 47.6 Å². The summed E-state index contributed by atoms with van der Waals surface area (Å²) in [6.45, 7) is 1.65. The lowest BCUT2D eigenvalue weighted by Crippen LogP contribution is -2.24. The fourth-order valence-corrected chi connectivity index (χ4v) is 1.72. The zero-order chi connectivity index (χ0) is 14.4. The smallest absolute Gasteiger partial charge is 0.346 e. The Hall–Kier alpha value is -2.49. The molecule has 0 aromatic heterocycles. The number of nitrogens with one attached hydrogen (secondary N) is 1. The largest absolute Gasteiger partial charge is 0.479 e. The summed E-state index contributed by atoms with van der Waals surface area (Å²) in [6.07, 6.45) is -0.618. The molecule has 1 N–H and O–H groups in total. The number of esters is 1. The number of anilines is 2. The fraction of sp³-hybridized carbons (Fsp3) is 0.188. The van der Waals surface area contributed by atoms with Gasteiger partial charge in [-0.25, -0.2) is 4.79 Å². The monoisotopic (exact) mass is 271 g/mol. The first-order valence-electron chi connectivity index (χ1n) is 6.35. The molecule has 0 spiro atoms. The van der Waals surface area contributed by atoms with Crippen molar-refractivity contribution in [3.63, 3.8) is 0 Å². The molecule has 0 heterocycles. The molecule has 0 radical (unpaired) electrons. The molecule has 2 aromatic carbocycles. The predicted octanol–water partition coefficient (Wildman–Crippen LogP) is 3.37. The maximum absolute atomic E-state index is 11.3. The predicted molar refractivity (Wildman–Crippen MR) is 78.3 cm³/mol. The van der Waals surface area contributed by atoms with Crippen LogP contribution in [0.4, 0.5) is 11.4 Å². The SMILES string of the molecule is COC(=O)[C@@H](C)Oc1ccc(Nc2ccccc2)cc1. The molecule has 0 amide bonds. The van der Waals surface area contributed by atoms with Gasteiger partial charge in [0, 0.05) is 11.4 Å². The highest BCUT2D eigenvalue weighted by Crippen LogP contribution is 2.20. The molecule has 0 bridgehead atoms. The summed E-state index contributed by atoms with van der Waals surface area (Å²) in [6, 6.07) is 17.3. The zero-order valence-corrected chi connectivity index (χ0v) is 11.5. The van der Waals surface area contributed by atoms with Gasteiger partial charge in [-0.2, -0.15) is 0 Å². The van der Waals surface area contributed by atoms with Crippen molar-refractivity contribution < 1.29 is 14.3 Å². The third kappa shape index (κ3) is 3.75. The summed E-state index contributed by atoms with van der Waals surface area (Å²) in [5, 5.41) is 3.27. The lowest BCUT2D eigenvalue weighted by atomic mass is 10.2. The van der Waals surface area contributed by atoms with E-state index in [1.807, 2.05) is 54.6 Å². The maximum atomic E-state index is 11.3. The average molecular weight is 271 g/mol. The Balaban J connectivity index is 1.98. The molecule has 2 aromatic rings. The van der Waals surface area contributed by atoms with Crippen molar-refractivity contribution in [3.8, 4) is 5.75 Å². The molecular formula is C16H17NO3. The highest BCUT2D eigenvalue weighted by Gasteiger charge is 2.14. The summed E-state index contributed by atoms with van der Waals surface area (Å²) in [5.41, 5.74) is 1.97. The van der Waals surface area contributed by atoms with Crippen molar-refractivity contribution >= 4 is 17.3 Å². The third-order valence-corrected chi connectivity index (χ3v) is 2.76. The van der Waals surface area contributed by atoms with Gasteiger partial charge in [-0.3, -0.25) is 0 Å². The molecule has 2 rings (SSSR count). The zero-order valence-electron chi connectivity index (χ0n) is 11.5. The molecule has 0 fully saturated rings. The molecule has 4 heteroatoms. The molecule has 0 aliphatic rings. The van der Waals surface area contributed by atoms with Gasteiger partial charge in [0.05, 0.1) is 7.11 Å². The third-order valence-electron chi connectivity index (χ3n) is 2.76. The number of carbonyl (C=O) groups excluding carboxylic acids is 1. The van der Waals surface area contributed by atoms with Crippen LogP contribution in [0.1, 0.15) is 6.92 Å². The number of ether oxygens (including phenoxy) is 2. The van der Waals surface area contributed by atoms with Gasteiger partial charge in [0.25, 0.3) is 0 Å². The van der Waals surface area contributed by atoms with Crippen molar-refractivity contribution in [1.29, 1.82) is 0 Å². The summed E-state index contributed by atoms with van der Waals surface area (Å²) in [4.78, 5) is 11.3. The first kappa shape index (κ1) is 13.9. The normalized spacial score (nSPS) is 11.5. The van der Waals surface area contributed by atoms with E-state index in [-0.39, 0.29) is 0 Å². The molecule has 0 saturated carbocycles. The standard InChI is InChI=1S/C16H17NO3/c1-12(16(18)19-2)20-15-10-8-14(9-11-15)17-13-6-4-3-5-7-13/h3-12,17H,1-2H3/t12-/m1/s1. The van der Waals surface area contributed by atoms with E-state index in [1.165, 1.54) is 7.11 Å². The molecule has 0 unspecified atom stereocenters. The van der Waals surface area contributed by atoms with Crippen LogP contribution >= 0.6 is 0 Å². The van der Waals surface area contributed by atoms with E-state index in [2.05, 4.69) is 10.1 Å². The second kappa shape index (κ2) is 6.61. The van der Waals surface area contributed by atoms with Crippen molar-refractivity contribution in [2.24, 2.45) is 0 Å². The van der Waals surface area contributed by atoms with Crippen molar-refractivity contribution in [2.75, 3.05) is 12.4 Å². The van der Waals surface area contributed by atoms with Gasteiger partial charge >= 0.3 is 5.97 Å². The van der Waals surface area contributed by atoms with E-state index in [9.17, 15) is 4.79 Å². The van der Waals surface area contributed by atoms with E-state index in [4.69, 9.17) is 4.74 Å². The van der Waals surface area contributed by atoms with Crippen LogP contribution in [0.3, 0.4) is 0 Å². The van der Waals surface area contributed by atoms with Crippen molar-refractivity contribution in [1.82, 2.24) is 0 Å². The highest BCUT2D eigenvalue weighted by atomic mass is 16.6. The van der Waals surface area contributed by atoms with E-state index in [0.29, 0.717) is 5.75 Å². The Kier molecular flexibility index (Phi) is 4.60. The van der Waals surface area contributed by atoms with Gasteiger partial charge in [0.15, 0.2) is 6.10 Å². The molecule has 20 heavy (non-hydrogen) atoms. The number of benzene rings is 2. The number of para-hydroxylation sites is 1. The van der Waals surface area contributed by atoms with Gasteiger partial charge < -0.3 is 14.8 Å². The highest BCUT2D eigenvalue weighted by molar-refractivity contribution is 5.74. The van der Waals surface area contributed by atoms with Crippen LogP contribution < -0.4 is 10.1 Å². The van der Waals surface area contributed by atoms with Gasteiger partial charge in [0.1, 0.15) is 5.75 Å². The number of hydrogen-bond acceptors (Lipinski definition) is 4. The minimum absolute atomic E-state index is 0.392. The van der Waals surface area contributed by atoms with E-state index >= 15 is 0 Å². The van der Waals surface area contributed by atoms with Crippen LogP contribution in [0.5, 0.6) is 5.75 Å². The van der Waals surface area contributed by atoms with Crippen LogP contribution in [-0.4, -0.2) is 19.2 Å². The second-order valence-corrected chi connectivity index (χ2v) is 4.30. The summed E-state index contributed by atoms with van der Waals surface area (Å²) >= 11 is 0. The van der Waals surface area contributed by atoms with E-state index < -0.39 is 12.1 Å². The maximum Gasteiger partial charge on any atom is 0.346 e. The Morgan fingerprint density at radius 1 is 1.00 bits per heavy atom. The lowest BCUT2D eigenvalue weighted by molar-refractivity contribution is -0.147. The van der Waals surface area contributed by atoms with Gasteiger partial charge in [0.2, 0.25) is 0 Å². The Morgan fingerprint density at radius 3 is 2.20 bits per heavy atom. The van der Waals surface area contributed by atoms with Crippen LogP contribution in [0.15, 0.2) is 54.6 Å². The second-order valence-electron chi connectivity index (χ2n) is 4.30. The molecular weight excluding hydrogens is 254 g/mol. The Bertz CT molecular complexity index is 552. The Morgan fingerprint density at radius 2 is 1.60 bits per heavy atom. The summed E-state index contributed by atoms with van der Waals surface area (Å²) in [5.74, 6) is 0.234. The fourth-order valence-electron chi connectivity index (χ4n) is 1.72. The first-order chi connectivity index (χ1) is 9.69. The first-order valence-corrected chi connectivity index (χ1v) is 6.35. The van der Waals surface area contributed by atoms with Crippen LogP contribution in [0.25, 0.3) is 0 Å². The molecule has 0 saturated heterocycles. The number of hydrogen-bond donors (Lipinski definition) is 1. The minimum atomic E-state index is -0.618. The molecule has 104 valence electrons. The van der Waals surface area contributed by atoms with Crippen LogP contribution in [0, 0.1) is 0 Å². The number of carbonyl (C=O) groups is 1. The van der Waals surface area contributed by atoms with Gasteiger partial charge in [-0.1, -0.05) is 18.2 Å². The van der Waals surface area contributed by atoms with E-state index in [0.717, 1.165) is 11.4 Å². The lowest BCUT2D eigenvalue weighted by Gasteiger charge is -2.13. The Labute approximate surface area is 118 Å². The van der Waals surface area contributed by atoms with Crippen LogP contribution in [-0.2, 0) is 9.53 Å². The number of methoxy groups -OCH3 is 1.